The Morgan fingerprint density at radius 1 is 1.12 bits per heavy atom. The quantitative estimate of drug-likeness (QED) is 0.495. The molecule has 186 valence electrons. The van der Waals surface area contributed by atoms with Crippen LogP contribution in [0.5, 0.6) is 0 Å². The van der Waals surface area contributed by atoms with Crippen molar-refractivity contribution in [1.29, 1.82) is 0 Å². The molecule has 8 atom stereocenters. The van der Waals surface area contributed by atoms with E-state index < -0.39 is 29.9 Å². The van der Waals surface area contributed by atoms with Crippen molar-refractivity contribution in [2.75, 3.05) is 0 Å². The van der Waals surface area contributed by atoms with Gasteiger partial charge < -0.3 is 19.5 Å². The number of ether oxygens (including phenoxy) is 3. The molecule has 9 heteroatoms. The average molecular weight is 475 g/mol. The fourth-order valence-electron chi connectivity index (χ4n) is 6.20. The molecule has 0 unspecified atom stereocenters. The molecule has 1 saturated carbocycles. The molecular formula is C25H34N2O7. The minimum absolute atomic E-state index is 0.0208. The number of nitrogens with one attached hydrogen (secondary N) is 1. The lowest BCUT2D eigenvalue weighted by molar-refractivity contribution is -0.576. The predicted octanol–water partition coefficient (Wildman–Crippen LogP) is 3.23. The van der Waals surface area contributed by atoms with Crippen LogP contribution in [-0.2, 0) is 40.1 Å². The van der Waals surface area contributed by atoms with Crippen LogP contribution in [0.15, 0.2) is 24.5 Å². The first-order valence-electron chi connectivity index (χ1n) is 12.4. The third-order valence-electron chi connectivity index (χ3n) is 8.14. The number of amides is 1. The predicted molar refractivity (Wildman–Crippen MR) is 118 cm³/mol. The van der Waals surface area contributed by atoms with Crippen molar-refractivity contribution in [3.05, 3.63) is 30.1 Å². The molecule has 2 bridgehead atoms. The number of hydrogen-bond donors (Lipinski definition) is 1. The zero-order chi connectivity index (χ0) is 23.9. The fraction of sp³-hybridized carbons (Fsp3) is 0.720. The SMILES string of the molecule is C[C@H]1[C@H](OC(=O)CCC(=O)NCc2ccncc2)O[C@@H]2O[C@@]3(C)CC[C@H]4[C@H](C)CC[C@@H]1[C@@]24OO3. The summed E-state index contributed by atoms with van der Waals surface area (Å²) in [5, 5.41) is 2.81. The van der Waals surface area contributed by atoms with Gasteiger partial charge in [-0.25, -0.2) is 9.78 Å². The molecule has 9 nitrogen and oxygen atoms in total. The minimum atomic E-state index is -0.875. The standard InChI is InChI=1S/C25H34N2O7/c1-15-4-5-19-16(2)22(31-23-25(19)18(15)8-11-24(3,32-23)33-34-25)30-21(29)7-6-20(28)27-14-17-9-12-26-13-10-17/h9-10,12-13,15-16,18-19,22-23H,4-8,11,14H2,1-3H3,(H,27,28)/t15-,16-,18+,19+,22-,23-,24-,25-/m1/s1. The summed E-state index contributed by atoms with van der Waals surface area (Å²) in [7, 11) is 0. The van der Waals surface area contributed by atoms with Crippen LogP contribution in [0.3, 0.4) is 0 Å². The van der Waals surface area contributed by atoms with Gasteiger partial charge in [0.25, 0.3) is 0 Å². The highest BCUT2D eigenvalue weighted by Crippen LogP contribution is 2.60. The molecule has 1 spiro atoms. The number of carbonyl (C=O) groups excluding carboxylic acids is 2. The van der Waals surface area contributed by atoms with Gasteiger partial charge in [0, 0.05) is 43.6 Å². The minimum Gasteiger partial charge on any atom is -0.435 e. The van der Waals surface area contributed by atoms with Crippen LogP contribution in [0.25, 0.3) is 0 Å². The number of nitrogens with zero attached hydrogens (tertiary/aromatic N) is 1. The average Bonchev–Trinajstić information content (AvgIpc) is 3.06. The maximum absolute atomic E-state index is 12.6. The van der Waals surface area contributed by atoms with Gasteiger partial charge in [-0.15, -0.1) is 0 Å². The summed E-state index contributed by atoms with van der Waals surface area (Å²) in [6, 6.07) is 3.66. The summed E-state index contributed by atoms with van der Waals surface area (Å²) in [6.45, 7) is 6.55. The Morgan fingerprint density at radius 3 is 2.71 bits per heavy atom. The monoisotopic (exact) mass is 474 g/mol. The first-order valence-corrected chi connectivity index (χ1v) is 12.4. The van der Waals surface area contributed by atoms with E-state index in [9.17, 15) is 9.59 Å². The molecule has 0 aromatic carbocycles. The van der Waals surface area contributed by atoms with Crippen LogP contribution < -0.4 is 5.32 Å². The molecule has 4 aliphatic heterocycles. The van der Waals surface area contributed by atoms with Crippen molar-refractivity contribution >= 4 is 11.9 Å². The number of rotatable bonds is 6. The number of carbonyl (C=O) groups is 2. The van der Waals surface area contributed by atoms with E-state index in [4.69, 9.17) is 24.0 Å². The molecule has 4 saturated heterocycles. The molecule has 5 aliphatic rings. The smallest absolute Gasteiger partial charge is 0.308 e. The first-order chi connectivity index (χ1) is 16.3. The molecule has 34 heavy (non-hydrogen) atoms. The van der Waals surface area contributed by atoms with E-state index in [0.29, 0.717) is 12.5 Å². The van der Waals surface area contributed by atoms with Crippen LogP contribution in [0.2, 0.25) is 0 Å². The highest BCUT2D eigenvalue weighted by atomic mass is 17.3. The second kappa shape index (κ2) is 9.18. The third-order valence-corrected chi connectivity index (χ3v) is 8.14. The molecule has 1 N–H and O–H groups in total. The zero-order valence-corrected chi connectivity index (χ0v) is 20.0. The maximum atomic E-state index is 12.6. The molecule has 5 fully saturated rings. The van der Waals surface area contributed by atoms with Crippen molar-refractivity contribution in [2.24, 2.45) is 23.7 Å². The van der Waals surface area contributed by atoms with E-state index in [2.05, 4.69) is 17.2 Å². The topological polar surface area (TPSA) is 105 Å². The zero-order valence-electron chi connectivity index (χ0n) is 20.0. The van der Waals surface area contributed by atoms with Crippen LogP contribution in [0.4, 0.5) is 0 Å². The van der Waals surface area contributed by atoms with Crippen molar-refractivity contribution in [1.82, 2.24) is 10.3 Å². The van der Waals surface area contributed by atoms with E-state index in [1.54, 1.807) is 12.4 Å². The Hall–Kier alpha value is -2.07. The number of hydrogen-bond acceptors (Lipinski definition) is 8. The lowest BCUT2D eigenvalue weighted by atomic mass is 9.58. The van der Waals surface area contributed by atoms with Crippen LogP contribution in [-0.4, -0.2) is 40.8 Å². The maximum Gasteiger partial charge on any atom is 0.308 e. The lowest BCUT2D eigenvalue weighted by Crippen LogP contribution is -2.70. The van der Waals surface area contributed by atoms with E-state index >= 15 is 0 Å². The van der Waals surface area contributed by atoms with Gasteiger partial charge in [0.1, 0.15) is 0 Å². The van der Waals surface area contributed by atoms with Crippen molar-refractivity contribution in [3.63, 3.8) is 0 Å². The highest BCUT2D eigenvalue weighted by molar-refractivity contribution is 5.81. The molecule has 1 amide bonds. The number of fused-ring (bicyclic) bond motifs is 2. The van der Waals surface area contributed by atoms with Crippen LogP contribution in [0, 0.1) is 23.7 Å². The molecule has 1 aromatic rings. The second-order valence-electron chi connectivity index (χ2n) is 10.4. The van der Waals surface area contributed by atoms with Gasteiger partial charge in [-0.2, -0.15) is 0 Å². The molecule has 0 radical (unpaired) electrons. The van der Waals surface area contributed by atoms with E-state index in [0.717, 1.165) is 31.2 Å². The van der Waals surface area contributed by atoms with E-state index in [1.165, 1.54) is 0 Å². The van der Waals surface area contributed by atoms with Crippen LogP contribution >= 0.6 is 0 Å². The van der Waals surface area contributed by atoms with Gasteiger partial charge in [-0.3, -0.25) is 14.6 Å². The Labute approximate surface area is 199 Å². The Bertz CT molecular complexity index is 914. The summed E-state index contributed by atoms with van der Waals surface area (Å²) in [6.07, 6.45) is 5.62. The number of esters is 1. The Balaban J connectivity index is 1.20. The number of pyridine rings is 1. The van der Waals surface area contributed by atoms with Crippen molar-refractivity contribution in [3.8, 4) is 0 Å². The highest BCUT2D eigenvalue weighted by Gasteiger charge is 2.69. The third kappa shape index (κ3) is 4.23. The number of aromatic nitrogens is 1. The summed E-state index contributed by atoms with van der Waals surface area (Å²) in [4.78, 5) is 40.7. The Morgan fingerprint density at radius 2 is 1.91 bits per heavy atom. The van der Waals surface area contributed by atoms with Gasteiger partial charge in [0.15, 0.2) is 11.9 Å². The van der Waals surface area contributed by atoms with Gasteiger partial charge in [-0.1, -0.05) is 13.8 Å². The van der Waals surface area contributed by atoms with Crippen molar-refractivity contribution in [2.45, 2.75) is 89.8 Å². The van der Waals surface area contributed by atoms with Gasteiger partial charge in [0.05, 0.1) is 6.42 Å². The second-order valence-corrected chi connectivity index (χ2v) is 10.4. The summed E-state index contributed by atoms with van der Waals surface area (Å²) >= 11 is 0. The molecule has 6 rings (SSSR count). The van der Waals surface area contributed by atoms with Gasteiger partial charge in [-0.05, 0) is 55.7 Å². The van der Waals surface area contributed by atoms with Crippen molar-refractivity contribution < 1.29 is 33.6 Å². The first kappa shape index (κ1) is 23.7. The normalized spacial score (nSPS) is 40.7. The lowest BCUT2D eigenvalue weighted by Gasteiger charge is -2.59. The molecule has 1 aliphatic carbocycles. The Kier molecular flexibility index (Phi) is 6.39. The van der Waals surface area contributed by atoms with E-state index in [1.807, 2.05) is 26.0 Å². The largest absolute Gasteiger partial charge is 0.435 e. The van der Waals surface area contributed by atoms with E-state index in [-0.39, 0.29) is 36.5 Å². The summed E-state index contributed by atoms with van der Waals surface area (Å²) < 4.78 is 18.3. The van der Waals surface area contributed by atoms with Gasteiger partial charge in [0.2, 0.25) is 18.0 Å². The summed E-state index contributed by atoms with van der Waals surface area (Å²) in [5.74, 6) is -0.843. The molecular weight excluding hydrogens is 440 g/mol. The molecule has 5 heterocycles. The van der Waals surface area contributed by atoms with Crippen LogP contribution in [0.1, 0.15) is 64.9 Å². The molecule has 1 aromatic heterocycles. The summed E-state index contributed by atoms with van der Waals surface area (Å²) in [5.41, 5.74) is 0.255. The van der Waals surface area contributed by atoms with Gasteiger partial charge >= 0.3 is 5.97 Å². The fourth-order valence-corrected chi connectivity index (χ4v) is 6.20.